The molecule has 2 heterocycles. The molecule has 1 unspecified atom stereocenters. The Balaban J connectivity index is 1.71. The van der Waals surface area contributed by atoms with E-state index in [1.165, 1.54) is 23.2 Å². The Morgan fingerprint density at radius 1 is 1.41 bits per heavy atom. The molecule has 1 aromatic carbocycles. The fourth-order valence-electron chi connectivity index (χ4n) is 2.52. The molecule has 0 aliphatic carbocycles. The minimum absolute atomic E-state index is 0.0699. The minimum Gasteiger partial charge on any atom is -0.323 e. The van der Waals surface area contributed by atoms with Gasteiger partial charge in [0.15, 0.2) is 0 Å². The molecule has 1 N–H and O–H groups in total. The number of rotatable bonds is 3. The van der Waals surface area contributed by atoms with Crippen molar-refractivity contribution < 1.29 is 14.0 Å². The van der Waals surface area contributed by atoms with Gasteiger partial charge in [0.25, 0.3) is 0 Å². The van der Waals surface area contributed by atoms with E-state index in [0.29, 0.717) is 5.69 Å². The zero-order valence-electron chi connectivity index (χ0n) is 12.0. The molecule has 0 spiro atoms. The number of hydrogen-bond acceptors (Lipinski definition) is 3. The van der Waals surface area contributed by atoms with Crippen LogP contribution in [0.1, 0.15) is 6.42 Å². The fourth-order valence-corrected chi connectivity index (χ4v) is 2.52. The van der Waals surface area contributed by atoms with Gasteiger partial charge in [-0.2, -0.15) is 5.10 Å². The summed E-state index contributed by atoms with van der Waals surface area (Å²) in [7, 11) is 1.74. The van der Waals surface area contributed by atoms with E-state index in [9.17, 15) is 14.0 Å². The van der Waals surface area contributed by atoms with E-state index in [1.54, 1.807) is 30.1 Å². The lowest BCUT2D eigenvalue weighted by Crippen LogP contribution is -2.28. The molecule has 1 aliphatic heterocycles. The first-order valence-corrected chi connectivity index (χ1v) is 6.89. The average Bonchev–Trinajstić information content (AvgIpc) is 3.06. The molecular weight excluding hydrogens is 287 g/mol. The molecule has 0 radical (unpaired) electrons. The summed E-state index contributed by atoms with van der Waals surface area (Å²) in [4.78, 5) is 25.6. The summed E-state index contributed by atoms with van der Waals surface area (Å²) in [6.45, 7) is 0.172. The van der Waals surface area contributed by atoms with Gasteiger partial charge in [0.05, 0.1) is 23.5 Å². The third kappa shape index (κ3) is 2.69. The molecule has 2 aromatic rings. The Hall–Kier alpha value is -2.70. The third-order valence-corrected chi connectivity index (χ3v) is 3.61. The largest absolute Gasteiger partial charge is 0.323 e. The molecule has 3 rings (SSSR count). The van der Waals surface area contributed by atoms with Crippen molar-refractivity contribution in [1.29, 1.82) is 0 Å². The Morgan fingerprint density at radius 2 is 2.18 bits per heavy atom. The molecule has 114 valence electrons. The molecule has 7 heteroatoms. The summed E-state index contributed by atoms with van der Waals surface area (Å²) in [6.07, 6.45) is 3.27. The predicted molar refractivity (Wildman–Crippen MR) is 78.7 cm³/mol. The molecule has 0 bridgehead atoms. The van der Waals surface area contributed by atoms with Crippen LogP contribution in [0.15, 0.2) is 36.7 Å². The molecule has 2 amide bonds. The number of carbonyl (C=O) groups is 2. The number of aromatic nitrogens is 2. The van der Waals surface area contributed by atoms with E-state index >= 15 is 0 Å². The van der Waals surface area contributed by atoms with E-state index in [0.717, 1.165) is 0 Å². The normalized spacial score (nSPS) is 17.8. The molecular formula is C15H15FN4O2. The predicted octanol–water partition coefficient (Wildman–Crippen LogP) is 1.55. The van der Waals surface area contributed by atoms with Gasteiger partial charge in [-0.1, -0.05) is 12.1 Å². The first kappa shape index (κ1) is 14.2. The minimum atomic E-state index is -0.507. The van der Waals surface area contributed by atoms with E-state index in [2.05, 4.69) is 10.4 Å². The van der Waals surface area contributed by atoms with Crippen LogP contribution in [0, 0.1) is 11.7 Å². The molecule has 1 aliphatic rings. The lowest BCUT2D eigenvalue weighted by molar-refractivity contribution is -0.122. The second-order valence-corrected chi connectivity index (χ2v) is 5.25. The van der Waals surface area contributed by atoms with Crippen LogP contribution >= 0.6 is 0 Å². The fraction of sp³-hybridized carbons (Fsp3) is 0.267. The summed E-state index contributed by atoms with van der Waals surface area (Å²) in [6, 6.07) is 6.06. The Kier molecular flexibility index (Phi) is 3.62. The van der Waals surface area contributed by atoms with Gasteiger partial charge < -0.3 is 10.2 Å². The number of aryl methyl sites for hydroxylation is 1. The van der Waals surface area contributed by atoms with E-state index < -0.39 is 11.7 Å². The molecule has 6 nitrogen and oxygen atoms in total. The van der Waals surface area contributed by atoms with Gasteiger partial charge in [-0.15, -0.1) is 0 Å². The van der Waals surface area contributed by atoms with Crippen molar-refractivity contribution in [2.45, 2.75) is 6.42 Å². The maximum Gasteiger partial charge on any atom is 0.229 e. The lowest BCUT2D eigenvalue weighted by Gasteiger charge is -2.17. The molecule has 1 aromatic heterocycles. The summed E-state index contributed by atoms with van der Waals surface area (Å²) < 4.78 is 15.4. The standard InChI is InChI=1S/C15H15FN4O2/c1-19-9-11(7-17-19)18-15(22)10-6-14(21)20(8-10)13-5-3-2-4-12(13)16/h2-5,7,9-10H,6,8H2,1H3,(H,18,22). The van der Waals surface area contributed by atoms with Crippen LogP contribution in [0.4, 0.5) is 15.8 Å². The van der Waals surface area contributed by atoms with Crippen molar-refractivity contribution >= 4 is 23.2 Å². The number of halogens is 1. The number of nitrogens with zero attached hydrogens (tertiary/aromatic N) is 3. The summed E-state index contributed by atoms with van der Waals surface area (Å²) in [5.41, 5.74) is 0.786. The van der Waals surface area contributed by atoms with Crippen LogP contribution in [-0.2, 0) is 16.6 Å². The highest BCUT2D eigenvalue weighted by Gasteiger charge is 2.36. The molecule has 22 heavy (non-hydrogen) atoms. The van der Waals surface area contributed by atoms with Crippen LogP contribution in [0.5, 0.6) is 0 Å². The van der Waals surface area contributed by atoms with Crippen molar-refractivity contribution in [2.75, 3.05) is 16.8 Å². The van der Waals surface area contributed by atoms with Crippen molar-refractivity contribution in [1.82, 2.24) is 9.78 Å². The first-order chi connectivity index (χ1) is 10.5. The van der Waals surface area contributed by atoms with Crippen LogP contribution in [0.3, 0.4) is 0 Å². The van der Waals surface area contributed by atoms with Crippen molar-refractivity contribution in [3.8, 4) is 0 Å². The van der Waals surface area contributed by atoms with Gasteiger partial charge in [-0.25, -0.2) is 4.39 Å². The molecule has 0 saturated carbocycles. The van der Waals surface area contributed by atoms with E-state index in [4.69, 9.17) is 0 Å². The van der Waals surface area contributed by atoms with Crippen LogP contribution in [0.25, 0.3) is 0 Å². The van der Waals surface area contributed by atoms with Gasteiger partial charge in [-0.05, 0) is 12.1 Å². The van der Waals surface area contributed by atoms with E-state index in [-0.39, 0.29) is 30.5 Å². The number of nitrogens with one attached hydrogen (secondary N) is 1. The van der Waals surface area contributed by atoms with Crippen molar-refractivity contribution in [3.05, 3.63) is 42.5 Å². The number of anilines is 2. The van der Waals surface area contributed by atoms with Gasteiger partial charge in [0.1, 0.15) is 5.82 Å². The van der Waals surface area contributed by atoms with Gasteiger partial charge >= 0.3 is 0 Å². The second kappa shape index (κ2) is 5.59. The number of para-hydroxylation sites is 1. The first-order valence-electron chi connectivity index (χ1n) is 6.89. The van der Waals surface area contributed by atoms with Crippen LogP contribution in [0.2, 0.25) is 0 Å². The van der Waals surface area contributed by atoms with Crippen LogP contribution < -0.4 is 10.2 Å². The lowest BCUT2D eigenvalue weighted by atomic mass is 10.1. The third-order valence-electron chi connectivity index (χ3n) is 3.61. The zero-order chi connectivity index (χ0) is 15.7. The average molecular weight is 302 g/mol. The molecule has 1 atom stereocenters. The van der Waals surface area contributed by atoms with E-state index in [1.807, 2.05) is 0 Å². The smallest absolute Gasteiger partial charge is 0.229 e. The quantitative estimate of drug-likeness (QED) is 0.935. The maximum absolute atomic E-state index is 13.8. The van der Waals surface area contributed by atoms with Crippen molar-refractivity contribution in [3.63, 3.8) is 0 Å². The number of benzene rings is 1. The van der Waals surface area contributed by atoms with Crippen LogP contribution in [-0.4, -0.2) is 28.1 Å². The van der Waals surface area contributed by atoms with Crippen molar-refractivity contribution in [2.24, 2.45) is 13.0 Å². The Morgan fingerprint density at radius 3 is 2.86 bits per heavy atom. The van der Waals surface area contributed by atoms with Gasteiger partial charge in [0, 0.05) is 26.2 Å². The summed E-state index contributed by atoms with van der Waals surface area (Å²) in [5.74, 6) is -1.49. The maximum atomic E-state index is 13.8. The SMILES string of the molecule is Cn1cc(NC(=O)C2CC(=O)N(c3ccccc3F)C2)cn1. The highest BCUT2D eigenvalue weighted by molar-refractivity contribution is 6.03. The highest BCUT2D eigenvalue weighted by Crippen LogP contribution is 2.27. The number of amides is 2. The monoisotopic (exact) mass is 302 g/mol. The summed E-state index contributed by atoms with van der Waals surface area (Å²) >= 11 is 0. The highest BCUT2D eigenvalue weighted by atomic mass is 19.1. The topological polar surface area (TPSA) is 67.2 Å². The summed E-state index contributed by atoms with van der Waals surface area (Å²) in [5, 5.41) is 6.68. The Bertz CT molecular complexity index is 728. The van der Waals surface area contributed by atoms with Gasteiger partial charge in [0.2, 0.25) is 11.8 Å². The molecule has 1 fully saturated rings. The molecule has 1 saturated heterocycles. The van der Waals surface area contributed by atoms with Gasteiger partial charge in [-0.3, -0.25) is 14.3 Å². The second-order valence-electron chi connectivity index (χ2n) is 5.25. The number of carbonyl (C=O) groups excluding carboxylic acids is 2. The zero-order valence-corrected chi connectivity index (χ0v) is 12.0. The Labute approximate surface area is 126 Å². The number of hydrogen-bond donors (Lipinski definition) is 1.